The van der Waals surface area contributed by atoms with Gasteiger partial charge < -0.3 is 9.80 Å². The number of hydrogen-bond donors (Lipinski definition) is 0. The predicted molar refractivity (Wildman–Crippen MR) is 116 cm³/mol. The average molecular weight is 412 g/mol. The maximum absolute atomic E-state index is 13.0. The second kappa shape index (κ2) is 8.07. The monoisotopic (exact) mass is 411 g/mol. The smallest absolute Gasteiger partial charge is 0.225 e. The Kier molecular flexibility index (Phi) is 5.31. The van der Waals surface area contributed by atoms with Gasteiger partial charge in [0.15, 0.2) is 0 Å². The van der Waals surface area contributed by atoms with E-state index in [1.165, 1.54) is 15.6 Å². The second-order valence-electron chi connectivity index (χ2n) is 8.73. The number of likely N-dealkylation sites (tertiary alicyclic amines) is 1. The third kappa shape index (κ3) is 4.05. The van der Waals surface area contributed by atoms with Crippen molar-refractivity contribution in [3.63, 3.8) is 0 Å². The van der Waals surface area contributed by atoms with Crippen molar-refractivity contribution < 1.29 is 9.59 Å². The number of carbonyl (C=O) groups excluding carboxylic acids is 2. The fourth-order valence-corrected chi connectivity index (χ4v) is 5.67. The number of carbonyl (C=O) groups is 2. The van der Waals surface area contributed by atoms with Crippen LogP contribution in [0.5, 0.6) is 0 Å². The maximum Gasteiger partial charge on any atom is 0.225 e. The number of benzene rings is 1. The third-order valence-electron chi connectivity index (χ3n) is 6.72. The van der Waals surface area contributed by atoms with E-state index in [9.17, 15) is 9.59 Å². The Morgan fingerprint density at radius 3 is 2.14 bits per heavy atom. The second-order valence-corrected chi connectivity index (χ2v) is 9.64. The molecule has 5 nitrogen and oxygen atoms in total. The van der Waals surface area contributed by atoms with Crippen molar-refractivity contribution in [2.24, 2.45) is 11.8 Å². The minimum atomic E-state index is 0.102. The lowest BCUT2D eigenvalue weighted by Gasteiger charge is -2.38. The number of thiophene rings is 1. The van der Waals surface area contributed by atoms with E-state index in [2.05, 4.69) is 39.4 Å². The molecule has 0 spiro atoms. The molecule has 0 atom stereocenters. The first-order chi connectivity index (χ1) is 14.2. The van der Waals surface area contributed by atoms with Crippen molar-refractivity contribution in [3.05, 3.63) is 35.2 Å². The van der Waals surface area contributed by atoms with Crippen molar-refractivity contribution in [3.8, 4) is 0 Å². The molecule has 1 aromatic carbocycles. The number of nitrogens with zero attached hydrogens (tertiary/aromatic N) is 3. The molecule has 2 amide bonds. The quantitative estimate of drug-likeness (QED) is 0.776. The molecule has 2 aliphatic heterocycles. The zero-order valence-electron chi connectivity index (χ0n) is 16.9. The lowest BCUT2D eigenvalue weighted by atomic mass is 9.94. The Labute approximate surface area is 176 Å². The molecule has 29 heavy (non-hydrogen) atoms. The van der Waals surface area contributed by atoms with Gasteiger partial charge in [-0.15, -0.1) is 11.3 Å². The molecule has 5 rings (SSSR count). The van der Waals surface area contributed by atoms with Gasteiger partial charge in [-0.3, -0.25) is 14.5 Å². The molecule has 2 aromatic rings. The highest BCUT2D eigenvalue weighted by atomic mass is 32.1. The van der Waals surface area contributed by atoms with Crippen LogP contribution < -0.4 is 0 Å². The van der Waals surface area contributed by atoms with E-state index in [0.717, 1.165) is 71.5 Å². The van der Waals surface area contributed by atoms with Crippen LogP contribution >= 0.6 is 11.3 Å². The summed E-state index contributed by atoms with van der Waals surface area (Å²) in [7, 11) is 0. The van der Waals surface area contributed by atoms with Crippen molar-refractivity contribution in [1.29, 1.82) is 0 Å². The molecule has 0 unspecified atom stereocenters. The van der Waals surface area contributed by atoms with E-state index in [1.807, 2.05) is 16.2 Å². The van der Waals surface area contributed by atoms with Gasteiger partial charge in [-0.1, -0.05) is 18.2 Å². The standard InChI is InChI=1S/C23H29N3O2S/c27-22(17-5-6-17)25-9-7-18(8-10-25)23(28)26-13-11-24(12-14-26)15-19-16-29-21-4-2-1-3-20(19)21/h1-4,16-18H,5-15H2. The summed E-state index contributed by atoms with van der Waals surface area (Å²) in [4.78, 5) is 31.7. The number of piperidine rings is 1. The molecule has 1 aromatic heterocycles. The lowest BCUT2D eigenvalue weighted by molar-refractivity contribution is -0.142. The molecule has 1 aliphatic carbocycles. The van der Waals surface area contributed by atoms with Crippen molar-refractivity contribution in [2.45, 2.75) is 32.2 Å². The predicted octanol–water partition coefficient (Wildman–Crippen LogP) is 3.19. The summed E-state index contributed by atoms with van der Waals surface area (Å²) >= 11 is 1.82. The highest BCUT2D eigenvalue weighted by Crippen LogP contribution is 2.33. The molecule has 3 heterocycles. The van der Waals surface area contributed by atoms with E-state index in [-0.39, 0.29) is 11.8 Å². The molecule has 0 bridgehead atoms. The van der Waals surface area contributed by atoms with Crippen molar-refractivity contribution >= 4 is 33.2 Å². The van der Waals surface area contributed by atoms with Crippen LogP contribution in [-0.2, 0) is 16.1 Å². The number of rotatable bonds is 4. The van der Waals surface area contributed by atoms with Crippen LogP contribution in [0.2, 0.25) is 0 Å². The fourth-order valence-electron chi connectivity index (χ4n) is 4.72. The van der Waals surface area contributed by atoms with Crippen LogP contribution in [0.15, 0.2) is 29.6 Å². The Bertz CT molecular complexity index is 890. The van der Waals surface area contributed by atoms with Gasteiger partial charge >= 0.3 is 0 Å². The van der Waals surface area contributed by atoms with Crippen LogP contribution in [0, 0.1) is 11.8 Å². The highest BCUT2D eigenvalue weighted by Gasteiger charge is 2.37. The van der Waals surface area contributed by atoms with E-state index in [1.54, 1.807) is 0 Å². The summed E-state index contributed by atoms with van der Waals surface area (Å²) in [5, 5.41) is 3.64. The molecular formula is C23H29N3O2S. The molecule has 3 aliphatic rings. The van der Waals surface area contributed by atoms with Crippen LogP contribution in [0.1, 0.15) is 31.2 Å². The third-order valence-corrected chi connectivity index (χ3v) is 7.73. The zero-order chi connectivity index (χ0) is 19.8. The molecule has 1 saturated carbocycles. The minimum Gasteiger partial charge on any atom is -0.342 e. The highest BCUT2D eigenvalue weighted by molar-refractivity contribution is 7.17. The van der Waals surface area contributed by atoms with Gasteiger partial charge in [-0.05, 0) is 48.1 Å². The van der Waals surface area contributed by atoms with Gasteiger partial charge in [0.25, 0.3) is 0 Å². The molecule has 154 valence electrons. The van der Waals surface area contributed by atoms with E-state index in [4.69, 9.17) is 0 Å². The van der Waals surface area contributed by atoms with Crippen LogP contribution in [-0.4, -0.2) is 65.8 Å². The number of fused-ring (bicyclic) bond motifs is 1. The molecule has 0 radical (unpaired) electrons. The van der Waals surface area contributed by atoms with E-state index >= 15 is 0 Å². The van der Waals surface area contributed by atoms with E-state index in [0.29, 0.717) is 11.8 Å². The molecule has 0 N–H and O–H groups in total. The Balaban J connectivity index is 1.11. The zero-order valence-corrected chi connectivity index (χ0v) is 17.7. The first-order valence-electron chi connectivity index (χ1n) is 10.9. The average Bonchev–Trinajstić information content (AvgIpc) is 3.55. The number of amides is 2. The molecule has 6 heteroatoms. The van der Waals surface area contributed by atoms with Crippen molar-refractivity contribution in [2.75, 3.05) is 39.3 Å². The topological polar surface area (TPSA) is 43.9 Å². The number of piperazine rings is 1. The first-order valence-corrected chi connectivity index (χ1v) is 11.8. The van der Waals surface area contributed by atoms with Gasteiger partial charge in [0.05, 0.1) is 0 Å². The summed E-state index contributed by atoms with van der Waals surface area (Å²) in [5.74, 6) is 1.02. The summed E-state index contributed by atoms with van der Waals surface area (Å²) in [5.41, 5.74) is 1.40. The van der Waals surface area contributed by atoms with Gasteiger partial charge in [0.2, 0.25) is 11.8 Å². The maximum atomic E-state index is 13.0. The summed E-state index contributed by atoms with van der Waals surface area (Å²) in [6.45, 7) is 6.01. The van der Waals surface area contributed by atoms with Crippen molar-refractivity contribution in [1.82, 2.24) is 14.7 Å². The molecular weight excluding hydrogens is 382 g/mol. The fraction of sp³-hybridized carbons (Fsp3) is 0.565. The number of hydrogen-bond acceptors (Lipinski definition) is 4. The Hall–Kier alpha value is -1.92. The normalized spacial score (nSPS) is 21.7. The molecule has 2 saturated heterocycles. The minimum absolute atomic E-state index is 0.102. The summed E-state index contributed by atoms with van der Waals surface area (Å²) < 4.78 is 1.35. The first kappa shape index (κ1) is 19.1. The summed E-state index contributed by atoms with van der Waals surface area (Å²) in [6, 6.07) is 8.60. The Morgan fingerprint density at radius 2 is 1.45 bits per heavy atom. The van der Waals surface area contributed by atoms with Crippen LogP contribution in [0.3, 0.4) is 0 Å². The summed E-state index contributed by atoms with van der Waals surface area (Å²) in [6.07, 6.45) is 3.78. The SMILES string of the molecule is O=C(C1CC1)N1CCC(C(=O)N2CCN(Cc3csc4ccccc34)CC2)CC1. The van der Waals surface area contributed by atoms with Crippen LogP contribution in [0.25, 0.3) is 10.1 Å². The van der Waals surface area contributed by atoms with E-state index < -0.39 is 0 Å². The van der Waals surface area contributed by atoms with Gasteiger partial charge in [-0.25, -0.2) is 0 Å². The largest absolute Gasteiger partial charge is 0.342 e. The van der Waals surface area contributed by atoms with Gasteiger partial charge in [0, 0.05) is 62.3 Å². The lowest BCUT2D eigenvalue weighted by Crippen LogP contribution is -2.51. The van der Waals surface area contributed by atoms with Gasteiger partial charge in [-0.2, -0.15) is 0 Å². The molecule has 3 fully saturated rings. The Morgan fingerprint density at radius 1 is 0.828 bits per heavy atom. The van der Waals surface area contributed by atoms with Gasteiger partial charge in [0.1, 0.15) is 0 Å². The van der Waals surface area contributed by atoms with Crippen LogP contribution in [0.4, 0.5) is 0 Å².